The van der Waals surface area contributed by atoms with E-state index in [1.807, 2.05) is 42.5 Å². The van der Waals surface area contributed by atoms with Crippen LogP contribution in [0.3, 0.4) is 0 Å². The van der Waals surface area contributed by atoms with Gasteiger partial charge in [-0.1, -0.05) is 30.3 Å². The van der Waals surface area contributed by atoms with E-state index >= 15 is 0 Å². The first-order valence-electron chi connectivity index (χ1n) is 8.87. The first-order chi connectivity index (χ1) is 13.0. The normalized spacial score (nSPS) is 18.1. The molecule has 1 saturated heterocycles. The minimum Gasteiger partial charge on any atom is -0.347 e. The van der Waals surface area contributed by atoms with Gasteiger partial charge in [-0.05, 0) is 31.5 Å². The standard InChI is InChI=1S/C20H19F3N4/c21-20(22,23)13-27-10-4-7-18(27)19-25-12-17(26-19)15-8-9-16(24-11-15)14-5-2-1-3-6-14/h1-3,5-6,8-9,11-12,18H,4,7,10,13H2,(H,25,26). The summed E-state index contributed by atoms with van der Waals surface area (Å²) in [6, 6.07) is 13.4. The second-order valence-electron chi connectivity index (χ2n) is 6.71. The maximum absolute atomic E-state index is 12.8. The number of H-pyrrole nitrogens is 1. The molecule has 3 aromatic rings. The maximum atomic E-state index is 12.8. The van der Waals surface area contributed by atoms with Crippen LogP contribution in [0.4, 0.5) is 13.2 Å². The van der Waals surface area contributed by atoms with Gasteiger partial charge in [0.25, 0.3) is 0 Å². The number of hydrogen-bond acceptors (Lipinski definition) is 3. The Bertz CT molecular complexity index is 888. The van der Waals surface area contributed by atoms with Gasteiger partial charge in [0.1, 0.15) is 5.82 Å². The molecule has 0 saturated carbocycles. The lowest BCUT2D eigenvalue weighted by molar-refractivity contribution is -0.148. The third-order valence-electron chi connectivity index (χ3n) is 4.79. The smallest absolute Gasteiger partial charge is 0.347 e. The number of imidazole rings is 1. The largest absolute Gasteiger partial charge is 0.401 e. The van der Waals surface area contributed by atoms with E-state index in [1.165, 1.54) is 4.90 Å². The average Bonchev–Trinajstić information content (AvgIpc) is 3.30. The van der Waals surface area contributed by atoms with E-state index in [1.54, 1.807) is 12.4 Å². The van der Waals surface area contributed by atoms with E-state index in [4.69, 9.17) is 0 Å². The summed E-state index contributed by atoms with van der Waals surface area (Å²) in [5.74, 6) is 0.582. The lowest BCUT2D eigenvalue weighted by Gasteiger charge is -2.23. The summed E-state index contributed by atoms with van der Waals surface area (Å²) in [6.07, 6.45) is 0.691. The van der Waals surface area contributed by atoms with Crippen LogP contribution in [0.2, 0.25) is 0 Å². The van der Waals surface area contributed by atoms with Crippen molar-refractivity contribution in [2.24, 2.45) is 0 Å². The Kier molecular flexibility index (Phi) is 4.70. The van der Waals surface area contributed by atoms with Crippen LogP contribution in [0.1, 0.15) is 24.7 Å². The summed E-state index contributed by atoms with van der Waals surface area (Å²) < 4.78 is 38.3. The molecule has 0 spiro atoms. The van der Waals surface area contributed by atoms with Gasteiger partial charge in [0, 0.05) is 23.5 Å². The summed E-state index contributed by atoms with van der Waals surface area (Å²) in [7, 11) is 0. The van der Waals surface area contributed by atoms with E-state index in [0.29, 0.717) is 24.5 Å². The van der Waals surface area contributed by atoms with Gasteiger partial charge in [-0.2, -0.15) is 13.2 Å². The molecule has 2 aromatic heterocycles. The zero-order valence-corrected chi connectivity index (χ0v) is 14.6. The molecule has 0 radical (unpaired) electrons. The van der Waals surface area contributed by atoms with Crippen molar-refractivity contribution in [3.63, 3.8) is 0 Å². The number of aromatic amines is 1. The Morgan fingerprint density at radius 1 is 1.04 bits per heavy atom. The van der Waals surface area contributed by atoms with Crippen molar-refractivity contribution in [1.29, 1.82) is 0 Å². The van der Waals surface area contributed by atoms with Crippen molar-refractivity contribution in [2.75, 3.05) is 13.1 Å². The minimum absolute atomic E-state index is 0.322. The van der Waals surface area contributed by atoms with Crippen molar-refractivity contribution in [3.05, 3.63) is 60.7 Å². The van der Waals surface area contributed by atoms with Crippen LogP contribution < -0.4 is 0 Å². The second-order valence-corrected chi connectivity index (χ2v) is 6.71. The molecule has 4 rings (SSSR count). The van der Waals surface area contributed by atoms with Crippen LogP contribution in [0.5, 0.6) is 0 Å². The number of rotatable bonds is 4. The van der Waals surface area contributed by atoms with E-state index < -0.39 is 12.7 Å². The number of hydrogen-bond donors (Lipinski definition) is 1. The topological polar surface area (TPSA) is 44.8 Å². The van der Waals surface area contributed by atoms with E-state index in [2.05, 4.69) is 15.0 Å². The van der Waals surface area contributed by atoms with Crippen molar-refractivity contribution >= 4 is 0 Å². The molecule has 7 heteroatoms. The Balaban J connectivity index is 1.52. The van der Waals surface area contributed by atoms with Gasteiger partial charge in [-0.25, -0.2) is 4.98 Å². The lowest BCUT2D eigenvalue weighted by Crippen LogP contribution is -2.34. The van der Waals surface area contributed by atoms with Crippen molar-refractivity contribution in [1.82, 2.24) is 19.9 Å². The van der Waals surface area contributed by atoms with Crippen molar-refractivity contribution in [2.45, 2.75) is 25.1 Å². The summed E-state index contributed by atoms with van der Waals surface area (Å²) in [5.41, 5.74) is 3.41. The highest BCUT2D eigenvalue weighted by atomic mass is 19.4. The first-order valence-corrected chi connectivity index (χ1v) is 8.87. The summed E-state index contributed by atoms with van der Waals surface area (Å²) in [6.45, 7) is -0.464. The van der Waals surface area contributed by atoms with Gasteiger partial charge in [0.05, 0.1) is 24.0 Å². The number of nitrogens with one attached hydrogen (secondary N) is 1. The zero-order chi connectivity index (χ0) is 18.9. The number of nitrogens with zero attached hydrogens (tertiary/aromatic N) is 3. The summed E-state index contributed by atoms with van der Waals surface area (Å²) in [4.78, 5) is 13.5. The molecule has 140 valence electrons. The zero-order valence-electron chi connectivity index (χ0n) is 14.6. The Labute approximate surface area is 155 Å². The third kappa shape index (κ3) is 4.03. The predicted molar refractivity (Wildman–Crippen MR) is 96.9 cm³/mol. The third-order valence-corrected chi connectivity index (χ3v) is 4.79. The van der Waals surface area contributed by atoms with Crippen LogP contribution in [0.15, 0.2) is 54.9 Å². The fourth-order valence-corrected chi connectivity index (χ4v) is 3.54. The van der Waals surface area contributed by atoms with Crippen LogP contribution in [-0.2, 0) is 0 Å². The molecule has 1 fully saturated rings. The predicted octanol–water partition coefficient (Wildman–Crippen LogP) is 4.84. The molecule has 0 amide bonds. The number of benzene rings is 1. The molecule has 27 heavy (non-hydrogen) atoms. The number of pyridine rings is 1. The second kappa shape index (κ2) is 7.15. The fourth-order valence-electron chi connectivity index (χ4n) is 3.54. The summed E-state index contributed by atoms with van der Waals surface area (Å²) in [5, 5.41) is 0. The molecule has 4 nitrogen and oxygen atoms in total. The first kappa shape index (κ1) is 17.7. The molecule has 1 aliphatic rings. The highest BCUT2D eigenvalue weighted by Gasteiger charge is 2.37. The van der Waals surface area contributed by atoms with Gasteiger partial charge < -0.3 is 4.98 Å². The van der Waals surface area contributed by atoms with Crippen LogP contribution >= 0.6 is 0 Å². The Hall–Kier alpha value is -2.67. The van der Waals surface area contributed by atoms with E-state index in [9.17, 15) is 13.2 Å². The molecule has 1 aliphatic heterocycles. The Morgan fingerprint density at radius 2 is 1.85 bits per heavy atom. The number of aromatic nitrogens is 3. The molecule has 1 unspecified atom stereocenters. The van der Waals surface area contributed by atoms with Crippen molar-refractivity contribution in [3.8, 4) is 22.5 Å². The molecule has 0 aliphatic carbocycles. The van der Waals surface area contributed by atoms with Crippen molar-refractivity contribution < 1.29 is 13.2 Å². The Morgan fingerprint density at radius 3 is 2.56 bits per heavy atom. The highest BCUT2D eigenvalue weighted by Crippen LogP contribution is 2.34. The van der Waals surface area contributed by atoms with E-state index in [-0.39, 0.29) is 6.04 Å². The van der Waals surface area contributed by atoms with Gasteiger partial charge in [-0.15, -0.1) is 0 Å². The van der Waals surface area contributed by atoms with Gasteiger partial charge in [-0.3, -0.25) is 9.88 Å². The number of likely N-dealkylation sites (tertiary alicyclic amines) is 1. The average molecular weight is 372 g/mol. The number of alkyl halides is 3. The fraction of sp³-hybridized carbons (Fsp3) is 0.300. The van der Waals surface area contributed by atoms with Crippen LogP contribution in [0.25, 0.3) is 22.5 Å². The van der Waals surface area contributed by atoms with E-state index in [0.717, 1.165) is 23.2 Å². The monoisotopic (exact) mass is 372 g/mol. The minimum atomic E-state index is -4.20. The molecule has 3 heterocycles. The molecule has 1 atom stereocenters. The van der Waals surface area contributed by atoms with Crippen LogP contribution in [0, 0.1) is 0 Å². The molecular formula is C20H19F3N4. The quantitative estimate of drug-likeness (QED) is 0.713. The maximum Gasteiger partial charge on any atom is 0.401 e. The molecule has 0 bridgehead atoms. The molecular weight excluding hydrogens is 353 g/mol. The van der Waals surface area contributed by atoms with Gasteiger partial charge in [0.15, 0.2) is 0 Å². The number of halogens is 3. The van der Waals surface area contributed by atoms with Crippen LogP contribution in [-0.4, -0.2) is 39.1 Å². The SMILES string of the molecule is FC(F)(F)CN1CCCC1c1nc(-c2ccc(-c3ccccc3)nc2)c[nH]1. The molecule has 1 N–H and O–H groups in total. The summed E-state index contributed by atoms with van der Waals surface area (Å²) >= 11 is 0. The van der Waals surface area contributed by atoms with Gasteiger partial charge in [0.2, 0.25) is 0 Å². The highest BCUT2D eigenvalue weighted by molar-refractivity contribution is 5.64. The molecule has 1 aromatic carbocycles. The lowest BCUT2D eigenvalue weighted by atomic mass is 10.1. The van der Waals surface area contributed by atoms with Gasteiger partial charge >= 0.3 is 6.18 Å².